The summed E-state index contributed by atoms with van der Waals surface area (Å²) in [7, 11) is -3.31. The van der Waals surface area contributed by atoms with Crippen LogP contribution in [0.2, 0.25) is 0 Å². The van der Waals surface area contributed by atoms with Crippen molar-refractivity contribution in [3.8, 4) is 0 Å². The molecule has 0 radical (unpaired) electrons. The van der Waals surface area contributed by atoms with Crippen LogP contribution >= 0.6 is 11.8 Å². The molecule has 2 N–H and O–H groups in total. The topological polar surface area (TPSA) is 61.4 Å². The van der Waals surface area contributed by atoms with Gasteiger partial charge in [-0.3, -0.25) is 0 Å². The molecule has 0 bridgehead atoms. The van der Waals surface area contributed by atoms with Gasteiger partial charge in [0.05, 0.1) is 0 Å². The third-order valence-electron chi connectivity index (χ3n) is 3.52. The number of nitrogens with one attached hydrogen (secondary N) is 2. The number of rotatable bonds is 9. The number of thioether (sulfide) groups is 1. The zero-order valence-corrected chi connectivity index (χ0v) is 14.5. The molecule has 20 heavy (non-hydrogen) atoms. The van der Waals surface area contributed by atoms with Crippen LogP contribution in [-0.4, -0.2) is 56.4 Å². The van der Waals surface area contributed by atoms with Gasteiger partial charge in [0.25, 0.3) is 10.2 Å². The van der Waals surface area contributed by atoms with E-state index < -0.39 is 10.2 Å². The molecule has 1 unspecified atom stereocenters. The van der Waals surface area contributed by atoms with Gasteiger partial charge in [0.1, 0.15) is 0 Å². The Balaban J connectivity index is 2.38. The molecule has 0 aromatic carbocycles. The average Bonchev–Trinajstić information content (AvgIpc) is 2.43. The van der Waals surface area contributed by atoms with Crippen molar-refractivity contribution >= 4 is 22.0 Å². The van der Waals surface area contributed by atoms with Crippen LogP contribution in [0.25, 0.3) is 0 Å². The second kappa shape index (κ2) is 9.25. The first kappa shape index (κ1) is 18.2. The Morgan fingerprint density at radius 2 is 1.95 bits per heavy atom. The van der Waals surface area contributed by atoms with Gasteiger partial charge in [0.2, 0.25) is 0 Å². The molecule has 0 aromatic rings. The van der Waals surface area contributed by atoms with Crippen molar-refractivity contribution < 1.29 is 8.42 Å². The monoisotopic (exact) mass is 323 g/mol. The first-order valence-electron chi connectivity index (χ1n) is 7.55. The molecular formula is C13H29N3O2S2. The summed E-state index contributed by atoms with van der Waals surface area (Å²) < 4.78 is 28.9. The Hall–Kier alpha value is 0.180. The minimum Gasteiger partial charge on any atom is -0.317 e. The zero-order chi connectivity index (χ0) is 15.0. The maximum absolute atomic E-state index is 12.3. The molecule has 1 saturated heterocycles. The van der Waals surface area contributed by atoms with E-state index in [0.29, 0.717) is 19.0 Å². The lowest BCUT2D eigenvalue weighted by Gasteiger charge is -2.32. The fourth-order valence-electron chi connectivity index (χ4n) is 2.36. The number of hydrogen-bond acceptors (Lipinski definition) is 4. The molecule has 1 fully saturated rings. The van der Waals surface area contributed by atoms with Crippen LogP contribution < -0.4 is 10.0 Å². The highest BCUT2D eigenvalue weighted by Crippen LogP contribution is 2.18. The molecule has 120 valence electrons. The predicted molar refractivity (Wildman–Crippen MR) is 87.4 cm³/mol. The van der Waals surface area contributed by atoms with E-state index in [4.69, 9.17) is 0 Å². The first-order valence-corrected chi connectivity index (χ1v) is 10.1. The average molecular weight is 324 g/mol. The van der Waals surface area contributed by atoms with Crippen LogP contribution in [0.5, 0.6) is 0 Å². The van der Waals surface area contributed by atoms with Crippen LogP contribution in [0.1, 0.15) is 33.6 Å². The smallest absolute Gasteiger partial charge is 0.279 e. The highest BCUT2D eigenvalue weighted by molar-refractivity contribution is 7.99. The van der Waals surface area contributed by atoms with Crippen molar-refractivity contribution in [1.29, 1.82) is 0 Å². The van der Waals surface area contributed by atoms with Gasteiger partial charge in [-0.1, -0.05) is 13.8 Å². The van der Waals surface area contributed by atoms with Crippen LogP contribution in [-0.2, 0) is 10.2 Å². The van der Waals surface area contributed by atoms with E-state index in [1.54, 1.807) is 16.1 Å². The Kier molecular flexibility index (Phi) is 8.43. The van der Waals surface area contributed by atoms with E-state index in [-0.39, 0.29) is 6.04 Å². The van der Waals surface area contributed by atoms with E-state index in [2.05, 4.69) is 23.9 Å². The second-order valence-corrected chi connectivity index (χ2v) is 8.35. The van der Waals surface area contributed by atoms with Crippen molar-refractivity contribution in [3.63, 3.8) is 0 Å². The minimum atomic E-state index is -3.31. The highest BCUT2D eigenvalue weighted by atomic mass is 32.2. The highest BCUT2D eigenvalue weighted by Gasteiger charge is 2.28. The molecule has 1 heterocycles. The van der Waals surface area contributed by atoms with E-state index in [9.17, 15) is 8.42 Å². The largest absolute Gasteiger partial charge is 0.317 e. The van der Waals surface area contributed by atoms with Gasteiger partial charge in [-0.25, -0.2) is 0 Å². The molecule has 0 amide bonds. The summed E-state index contributed by atoms with van der Waals surface area (Å²) in [6.07, 6.45) is 1.90. The number of piperidine rings is 1. The first-order chi connectivity index (χ1) is 9.49. The summed E-state index contributed by atoms with van der Waals surface area (Å²) in [5.41, 5.74) is 0. The van der Waals surface area contributed by atoms with Gasteiger partial charge in [-0.2, -0.15) is 29.2 Å². The maximum Gasteiger partial charge on any atom is 0.279 e. The second-order valence-electron chi connectivity index (χ2n) is 5.33. The van der Waals surface area contributed by atoms with Gasteiger partial charge in [0.15, 0.2) is 0 Å². The molecule has 5 nitrogen and oxygen atoms in total. The van der Waals surface area contributed by atoms with Crippen molar-refractivity contribution in [2.75, 3.05) is 37.7 Å². The standard InChI is InChI=1S/C13H29N3O2S2/c1-4-14-10-13-6-8-16(9-7-13)20(17,18)15-12(3)11-19-5-2/h12-15H,4-11H2,1-3H3. The Bertz CT molecular complexity index is 355. The molecule has 1 aliphatic heterocycles. The van der Waals surface area contributed by atoms with Gasteiger partial charge >= 0.3 is 0 Å². The summed E-state index contributed by atoms with van der Waals surface area (Å²) in [4.78, 5) is 0. The molecule has 1 rings (SSSR count). The summed E-state index contributed by atoms with van der Waals surface area (Å²) in [6, 6.07) is -0.00979. The molecule has 1 aliphatic rings. The lowest BCUT2D eigenvalue weighted by Crippen LogP contribution is -2.48. The summed E-state index contributed by atoms with van der Waals surface area (Å²) in [5.74, 6) is 2.45. The summed E-state index contributed by atoms with van der Waals surface area (Å²) >= 11 is 1.76. The Labute approximate surface area is 128 Å². The summed E-state index contributed by atoms with van der Waals surface area (Å²) in [5, 5.41) is 3.34. The van der Waals surface area contributed by atoms with Crippen LogP contribution in [0.4, 0.5) is 0 Å². The molecule has 0 spiro atoms. The van der Waals surface area contributed by atoms with Crippen LogP contribution in [0.15, 0.2) is 0 Å². The molecule has 1 atom stereocenters. The SMILES string of the molecule is CCNCC1CCN(S(=O)(=O)NC(C)CSCC)CC1. The van der Waals surface area contributed by atoms with Crippen molar-refractivity contribution in [1.82, 2.24) is 14.3 Å². The van der Waals surface area contributed by atoms with E-state index >= 15 is 0 Å². The number of hydrogen-bond donors (Lipinski definition) is 2. The quantitative estimate of drug-likeness (QED) is 0.671. The van der Waals surface area contributed by atoms with E-state index in [1.165, 1.54) is 0 Å². The van der Waals surface area contributed by atoms with Crippen molar-refractivity contribution in [2.24, 2.45) is 5.92 Å². The third kappa shape index (κ3) is 6.30. The molecule has 0 saturated carbocycles. The van der Waals surface area contributed by atoms with Gasteiger partial charge in [-0.15, -0.1) is 0 Å². The summed E-state index contributed by atoms with van der Waals surface area (Å²) in [6.45, 7) is 9.37. The van der Waals surface area contributed by atoms with E-state index in [0.717, 1.165) is 37.4 Å². The lowest BCUT2D eigenvalue weighted by atomic mass is 9.98. The predicted octanol–water partition coefficient (Wildman–Crippen LogP) is 1.28. The number of nitrogens with zero attached hydrogens (tertiary/aromatic N) is 1. The maximum atomic E-state index is 12.3. The zero-order valence-electron chi connectivity index (χ0n) is 12.9. The van der Waals surface area contributed by atoms with Gasteiger partial charge in [-0.05, 0) is 44.5 Å². The van der Waals surface area contributed by atoms with Crippen LogP contribution in [0, 0.1) is 5.92 Å². The molecular weight excluding hydrogens is 294 g/mol. The molecule has 0 aliphatic carbocycles. The fraction of sp³-hybridized carbons (Fsp3) is 1.00. The molecule has 0 aromatic heterocycles. The Morgan fingerprint density at radius 3 is 2.50 bits per heavy atom. The van der Waals surface area contributed by atoms with Gasteiger partial charge in [0, 0.05) is 24.9 Å². The Morgan fingerprint density at radius 1 is 1.30 bits per heavy atom. The van der Waals surface area contributed by atoms with Gasteiger partial charge < -0.3 is 5.32 Å². The fourth-order valence-corrected chi connectivity index (χ4v) is 4.57. The van der Waals surface area contributed by atoms with E-state index in [1.807, 2.05) is 6.92 Å². The minimum absolute atomic E-state index is 0.00979. The van der Waals surface area contributed by atoms with Crippen molar-refractivity contribution in [2.45, 2.75) is 39.7 Å². The third-order valence-corrected chi connectivity index (χ3v) is 6.41. The van der Waals surface area contributed by atoms with Crippen molar-refractivity contribution in [3.05, 3.63) is 0 Å². The molecule has 7 heteroatoms. The normalized spacial score (nSPS) is 20.1. The van der Waals surface area contributed by atoms with Crippen LogP contribution in [0.3, 0.4) is 0 Å². The lowest BCUT2D eigenvalue weighted by molar-refractivity contribution is 0.265.